The Morgan fingerprint density at radius 3 is 3.06 bits per heavy atom. The van der Waals surface area contributed by atoms with E-state index < -0.39 is 0 Å². The van der Waals surface area contributed by atoms with Crippen LogP contribution in [-0.2, 0) is 17.7 Å². The lowest BCUT2D eigenvalue weighted by molar-refractivity contribution is 0.0764. The monoisotopic (exact) mass is 236 g/mol. The van der Waals surface area contributed by atoms with Crippen molar-refractivity contribution in [3.63, 3.8) is 0 Å². The molecule has 3 rings (SSSR count). The van der Waals surface area contributed by atoms with Crippen LogP contribution in [0.4, 0.5) is 0 Å². The molecule has 2 aliphatic rings. The SMILES string of the molecule is NCC1CCc2nnc(C3CCCOC3)n2C1. The molecule has 3 heterocycles. The summed E-state index contributed by atoms with van der Waals surface area (Å²) in [7, 11) is 0. The first-order chi connectivity index (χ1) is 8.38. The molecule has 0 saturated carbocycles. The first kappa shape index (κ1) is 11.2. The van der Waals surface area contributed by atoms with Gasteiger partial charge in [0.15, 0.2) is 0 Å². The van der Waals surface area contributed by atoms with Crippen LogP contribution in [0.1, 0.15) is 36.8 Å². The van der Waals surface area contributed by atoms with Crippen LogP contribution in [0.5, 0.6) is 0 Å². The largest absolute Gasteiger partial charge is 0.381 e. The highest BCUT2D eigenvalue weighted by Gasteiger charge is 2.27. The van der Waals surface area contributed by atoms with Crippen LogP contribution < -0.4 is 5.73 Å². The highest BCUT2D eigenvalue weighted by atomic mass is 16.5. The van der Waals surface area contributed by atoms with Crippen LogP contribution in [0.3, 0.4) is 0 Å². The van der Waals surface area contributed by atoms with Gasteiger partial charge in [0.1, 0.15) is 11.6 Å². The standard InChI is InChI=1S/C12H20N4O/c13-6-9-3-4-11-14-15-12(16(11)7-9)10-2-1-5-17-8-10/h9-10H,1-8,13H2. The first-order valence-electron chi connectivity index (χ1n) is 6.58. The normalized spacial score (nSPS) is 29.0. The summed E-state index contributed by atoms with van der Waals surface area (Å²) >= 11 is 0. The fourth-order valence-electron chi connectivity index (χ4n) is 2.85. The Hall–Kier alpha value is -0.940. The summed E-state index contributed by atoms with van der Waals surface area (Å²) in [6.07, 6.45) is 4.47. The molecule has 0 radical (unpaired) electrons. The topological polar surface area (TPSA) is 66.0 Å². The van der Waals surface area contributed by atoms with Gasteiger partial charge >= 0.3 is 0 Å². The van der Waals surface area contributed by atoms with Gasteiger partial charge in [-0.25, -0.2) is 0 Å². The Bertz CT molecular complexity index is 384. The van der Waals surface area contributed by atoms with E-state index in [1.807, 2.05) is 0 Å². The number of hydrogen-bond donors (Lipinski definition) is 1. The van der Waals surface area contributed by atoms with Crippen molar-refractivity contribution in [3.8, 4) is 0 Å². The fourth-order valence-corrected chi connectivity index (χ4v) is 2.85. The second-order valence-electron chi connectivity index (χ2n) is 5.14. The third-order valence-corrected chi connectivity index (χ3v) is 3.93. The summed E-state index contributed by atoms with van der Waals surface area (Å²) < 4.78 is 7.84. The van der Waals surface area contributed by atoms with Crippen molar-refractivity contribution in [2.45, 2.75) is 38.1 Å². The number of aryl methyl sites for hydroxylation is 1. The molecule has 1 aromatic heterocycles. The van der Waals surface area contributed by atoms with E-state index in [0.29, 0.717) is 11.8 Å². The van der Waals surface area contributed by atoms with E-state index >= 15 is 0 Å². The summed E-state index contributed by atoms with van der Waals surface area (Å²) in [5, 5.41) is 8.70. The predicted molar refractivity (Wildman–Crippen MR) is 63.7 cm³/mol. The van der Waals surface area contributed by atoms with Crippen LogP contribution in [-0.4, -0.2) is 34.5 Å². The molecule has 94 valence electrons. The Morgan fingerprint density at radius 1 is 1.35 bits per heavy atom. The lowest BCUT2D eigenvalue weighted by atomic mass is 9.97. The van der Waals surface area contributed by atoms with Crippen LogP contribution in [0, 0.1) is 5.92 Å². The molecular weight excluding hydrogens is 216 g/mol. The van der Waals surface area contributed by atoms with Gasteiger partial charge in [0.25, 0.3) is 0 Å². The van der Waals surface area contributed by atoms with Crippen LogP contribution in [0.15, 0.2) is 0 Å². The second kappa shape index (κ2) is 4.74. The number of fused-ring (bicyclic) bond motifs is 1. The third-order valence-electron chi connectivity index (χ3n) is 3.93. The maximum Gasteiger partial charge on any atom is 0.138 e. The Morgan fingerprint density at radius 2 is 2.29 bits per heavy atom. The Labute approximate surface area is 101 Å². The molecule has 2 aliphatic heterocycles. The zero-order chi connectivity index (χ0) is 11.7. The molecule has 17 heavy (non-hydrogen) atoms. The van der Waals surface area contributed by atoms with E-state index in [1.165, 1.54) is 6.42 Å². The molecule has 2 unspecified atom stereocenters. The number of ether oxygens (including phenoxy) is 1. The van der Waals surface area contributed by atoms with Crippen molar-refractivity contribution in [2.75, 3.05) is 19.8 Å². The average molecular weight is 236 g/mol. The first-order valence-corrected chi connectivity index (χ1v) is 6.58. The van der Waals surface area contributed by atoms with Crippen molar-refractivity contribution < 1.29 is 4.74 Å². The van der Waals surface area contributed by atoms with Crippen LogP contribution >= 0.6 is 0 Å². The number of hydrogen-bond acceptors (Lipinski definition) is 4. The third kappa shape index (κ3) is 2.09. The van der Waals surface area contributed by atoms with Crippen LogP contribution in [0.25, 0.3) is 0 Å². The summed E-state index contributed by atoms with van der Waals surface area (Å²) in [6.45, 7) is 3.44. The molecule has 0 aromatic carbocycles. The van der Waals surface area contributed by atoms with Gasteiger partial charge in [-0.05, 0) is 31.7 Å². The summed E-state index contributed by atoms with van der Waals surface area (Å²) in [5.41, 5.74) is 5.78. The summed E-state index contributed by atoms with van der Waals surface area (Å²) in [4.78, 5) is 0. The van der Waals surface area contributed by atoms with Crippen molar-refractivity contribution in [1.29, 1.82) is 0 Å². The number of rotatable bonds is 2. The Balaban J connectivity index is 1.83. The van der Waals surface area contributed by atoms with Gasteiger partial charge in [-0.15, -0.1) is 10.2 Å². The molecule has 1 aromatic rings. The molecule has 2 N–H and O–H groups in total. The minimum absolute atomic E-state index is 0.432. The van der Waals surface area contributed by atoms with E-state index in [4.69, 9.17) is 10.5 Å². The van der Waals surface area contributed by atoms with Crippen molar-refractivity contribution in [1.82, 2.24) is 14.8 Å². The van der Waals surface area contributed by atoms with E-state index in [2.05, 4.69) is 14.8 Å². The zero-order valence-electron chi connectivity index (χ0n) is 10.1. The fraction of sp³-hybridized carbons (Fsp3) is 0.833. The number of aromatic nitrogens is 3. The van der Waals surface area contributed by atoms with Gasteiger partial charge in [-0.2, -0.15) is 0 Å². The number of nitrogens with zero attached hydrogens (tertiary/aromatic N) is 3. The molecule has 5 nitrogen and oxygen atoms in total. The highest BCUT2D eigenvalue weighted by molar-refractivity contribution is 5.06. The lowest BCUT2D eigenvalue weighted by Crippen LogP contribution is -2.29. The van der Waals surface area contributed by atoms with Gasteiger partial charge in [0.2, 0.25) is 0 Å². The quantitative estimate of drug-likeness (QED) is 0.820. The van der Waals surface area contributed by atoms with E-state index in [0.717, 1.165) is 57.2 Å². The smallest absolute Gasteiger partial charge is 0.138 e. The van der Waals surface area contributed by atoms with Crippen LogP contribution in [0.2, 0.25) is 0 Å². The second-order valence-corrected chi connectivity index (χ2v) is 5.14. The molecular formula is C12H20N4O. The molecule has 2 atom stereocenters. The summed E-state index contributed by atoms with van der Waals surface area (Å²) in [5.74, 6) is 3.27. The molecule has 0 aliphatic carbocycles. The average Bonchev–Trinajstić information content (AvgIpc) is 2.82. The molecule has 0 bridgehead atoms. The molecule has 1 fully saturated rings. The van der Waals surface area contributed by atoms with Gasteiger partial charge in [-0.3, -0.25) is 0 Å². The van der Waals surface area contributed by atoms with Gasteiger partial charge in [0, 0.05) is 25.5 Å². The molecule has 5 heteroatoms. The lowest BCUT2D eigenvalue weighted by Gasteiger charge is -2.26. The van der Waals surface area contributed by atoms with Gasteiger partial charge < -0.3 is 15.0 Å². The number of nitrogens with two attached hydrogens (primary N) is 1. The maximum absolute atomic E-state index is 5.78. The van der Waals surface area contributed by atoms with Crippen molar-refractivity contribution in [3.05, 3.63) is 11.6 Å². The van der Waals surface area contributed by atoms with Gasteiger partial charge in [-0.1, -0.05) is 0 Å². The Kier molecular flexibility index (Phi) is 3.11. The van der Waals surface area contributed by atoms with E-state index in [1.54, 1.807) is 0 Å². The highest BCUT2D eigenvalue weighted by Crippen LogP contribution is 2.28. The van der Waals surface area contributed by atoms with Gasteiger partial charge in [0.05, 0.1) is 6.61 Å². The molecule has 0 spiro atoms. The minimum atomic E-state index is 0.432. The van der Waals surface area contributed by atoms with Crippen molar-refractivity contribution >= 4 is 0 Å². The molecule has 0 amide bonds. The maximum atomic E-state index is 5.78. The predicted octanol–water partition coefficient (Wildman–Crippen LogP) is 0.693. The zero-order valence-corrected chi connectivity index (χ0v) is 10.1. The van der Waals surface area contributed by atoms with Crippen molar-refractivity contribution in [2.24, 2.45) is 11.7 Å². The van der Waals surface area contributed by atoms with E-state index in [9.17, 15) is 0 Å². The molecule has 1 saturated heterocycles. The van der Waals surface area contributed by atoms with E-state index in [-0.39, 0.29) is 0 Å². The minimum Gasteiger partial charge on any atom is -0.381 e. The summed E-state index contributed by atoms with van der Waals surface area (Å²) in [6, 6.07) is 0.